The largest absolute Gasteiger partial charge is 0.396 e. The predicted molar refractivity (Wildman–Crippen MR) is 111 cm³/mol. The van der Waals surface area contributed by atoms with Crippen molar-refractivity contribution in [3.8, 4) is 0 Å². The number of nitrogens with zero attached hydrogens (tertiary/aromatic N) is 5. The van der Waals surface area contributed by atoms with Gasteiger partial charge < -0.3 is 26.7 Å². The molecule has 0 unspecified atom stereocenters. The normalized spacial score (nSPS) is 28.4. The van der Waals surface area contributed by atoms with Crippen molar-refractivity contribution in [1.82, 2.24) is 35.1 Å². The Bertz CT molecular complexity index is 1240. The summed E-state index contributed by atoms with van der Waals surface area (Å²) in [5.74, 6) is 0.00915. The summed E-state index contributed by atoms with van der Waals surface area (Å²) in [6.07, 6.45) is 6.23. The first-order chi connectivity index (χ1) is 15.0. The van der Waals surface area contributed by atoms with E-state index in [1.165, 1.54) is 12.7 Å². The summed E-state index contributed by atoms with van der Waals surface area (Å²) < 4.78 is 0. The van der Waals surface area contributed by atoms with Crippen LogP contribution in [-0.4, -0.2) is 59.3 Å². The maximum Gasteiger partial charge on any atom is 0.273 e. The van der Waals surface area contributed by atoms with E-state index in [0.717, 1.165) is 19.3 Å². The molecule has 158 valence electrons. The van der Waals surface area contributed by atoms with Crippen molar-refractivity contribution >= 4 is 34.5 Å². The first-order valence-electron chi connectivity index (χ1n) is 10.3. The van der Waals surface area contributed by atoms with E-state index in [0.29, 0.717) is 29.0 Å². The third-order valence-electron chi connectivity index (χ3n) is 6.96. The number of nitrogens with one attached hydrogen (secondary N) is 2. The Balaban J connectivity index is 1.23. The summed E-state index contributed by atoms with van der Waals surface area (Å²) in [5.41, 5.74) is 13.2. The Hall–Kier alpha value is -3.76. The van der Waals surface area contributed by atoms with Crippen molar-refractivity contribution in [2.75, 3.05) is 11.5 Å². The van der Waals surface area contributed by atoms with Crippen molar-refractivity contribution in [2.24, 2.45) is 5.92 Å². The number of carbonyl (C=O) groups excluding carboxylic acids is 2. The quantitative estimate of drug-likeness (QED) is 0.475. The smallest absolute Gasteiger partial charge is 0.273 e. The fraction of sp³-hybridized carbons (Fsp3) is 0.400. The number of nitrogens with two attached hydrogens (primary N) is 2. The lowest BCUT2D eigenvalue weighted by Crippen LogP contribution is -2.54. The fourth-order valence-corrected chi connectivity index (χ4v) is 5.47. The molecule has 6 rings (SSSR count). The highest BCUT2D eigenvalue weighted by Gasteiger charge is 2.67. The number of aromatic nitrogens is 5. The molecule has 5 heterocycles. The number of nitrogen functional groups attached to an aromatic ring is 2. The van der Waals surface area contributed by atoms with E-state index in [4.69, 9.17) is 11.5 Å². The van der Waals surface area contributed by atoms with Crippen LogP contribution in [0.5, 0.6) is 0 Å². The fourth-order valence-electron chi connectivity index (χ4n) is 5.47. The minimum absolute atomic E-state index is 0.0506. The molecule has 3 aromatic rings. The van der Waals surface area contributed by atoms with Crippen LogP contribution in [0.1, 0.15) is 46.7 Å². The number of aromatic amines is 1. The van der Waals surface area contributed by atoms with Gasteiger partial charge in [-0.2, -0.15) is 0 Å². The molecule has 1 aliphatic carbocycles. The van der Waals surface area contributed by atoms with Crippen LogP contribution in [0.25, 0.3) is 11.2 Å². The molecule has 0 spiro atoms. The molecule has 11 nitrogen and oxygen atoms in total. The zero-order valence-corrected chi connectivity index (χ0v) is 16.6. The molecule has 2 aliphatic heterocycles. The van der Waals surface area contributed by atoms with Crippen LogP contribution in [0.3, 0.4) is 0 Å². The average molecular weight is 419 g/mol. The zero-order chi connectivity index (χ0) is 21.3. The standard InChI is InChI=1S/C20H21N9O2/c21-11-2-3-12(27-16(11)22)19(31)29-9-1-4-13(29)10-6-20(10,5-9)28-18(30)15-14-17(25-7-23-14)26-8-24-15/h2-3,7-10,13H,1,4-6,21H2,(H2,22,27)(H,28,30)(H,23,24,25,26)/t9-,10+,13+,20-/m1/s1. The maximum absolute atomic E-state index is 13.2. The summed E-state index contributed by atoms with van der Waals surface area (Å²) in [6, 6.07) is 3.36. The summed E-state index contributed by atoms with van der Waals surface area (Å²) in [7, 11) is 0. The van der Waals surface area contributed by atoms with E-state index in [1.807, 2.05) is 4.90 Å². The highest BCUT2D eigenvalue weighted by Crippen LogP contribution is 2.59. The number of carbonyl (C=O) groups is 2. The van der Waals surface area contributed by atoms with Gasteiger partial charge in [0, 0.05) is 23.5 Å². The lowest BCUT2D eigenvalue weighted by Gasteiger charge is -2.38. The number of hydrogen-bond donors (Lipinski definition) is 4. The van der Waals surface area contributed by atoms with Gasteiger partial charge in [-0.1, -0.05) is 0 Å². The van der Waals surface area contributed by atoms with Crippen molar-refractivity contribution < 1.29 is 9.59 Å². The number of amides is 2. The molecule has 1 saturated carbocycles. The van der Waals surface area contributed by atoms with Gasteiger partial charge in [-0.3, -0.25) is 9.59 Å². The molecule has 11 heteroatoms. The summed E-state index contributed by atoms with van der Waals surface area (Å²) in [6.45, 7) is 0. The van der Waals surface area contributed by atoms with Crippen LogP contribution >= 0.6 is 0 Å². The summed E-state index contributed by atoms with van der Waals surface area (Å²) in [4.78, 5) is 47.6. The van der Waals surface area contributed by atoms with E-state index < -0.39 is 0 Å². The first-order valence-corrected chi connectivity index (χ1v) is 10.3. The second kappa shape index (κ2) is 6.13. The second-order valence-corrected chi connectivity index (χ2v) is 8.63. The molecular weight excluding hydrogens is 398 g/mol. The first kappa shape index (κ1) is 18.0. The van der Waals surface area contributed by atoms with E-state index in [2.05, 4.69) is 30.2 Å². The minimum atomic E-state index is -0.301. The van der Waals surface area contributed by atoms with Crippen LogP contribution in [0, 0.1) is 5.92 Å². The summed E-state index contributed by atoms with van der Waals surface area (Å²) >= 11 is 0. The Labute approximate surface area is 176 Å². The van der Waals surface area contributed by atoms with Crippen LogP contribution in [-0.2, 0) is 0 Å². The van der Waals surface area contributed by atoms with Gasteiger partial charge in [0.2, 0.25) is 0 Å². The minimum Gasteiger partial charge on any atom is -0.396 e. The maximum atomic E-state index is 13.2. The average Bonchev–Trinajstić information content (AvgIpc) is 3.09. The van der Waals surface area contributed by atoms with E-state index in [1.54, 1.807) is 12.1 Å². The Morgan fingerprint density at radius 1 is 1.16 bits per heavy atom. The molecule has 3 aliphatic rings. The van der Waals surface area contributed by atoms with Crippen molar-refractivity contribution in [3.63, 3.8) is 0 Å². The molecule has 0 radical (unpaired) electrons. The molecule has 31 heavy (non-hydrogen) atoms. The summed E-state index contributed by atoms with van der Waals surface area (Å²) in [5, 5.41) is 3.22. The number of pyridine rings is 1. The third-order valence-corrected chi connectivity index (χ3v) is 6.96. The van der Waals surface area contributed by atoms with Crippen LogP contribution in [0.2, 0.25) is 0 Å². The van der Waals surface area contributed by atoms with E-state index in [-0.39, 0.29) is 46.9 Å². The van der Waals surface area contributed by atoms with Gasteiger partial charge in [-0.25, -0.2) is 19.9 Å². The van der Waals surface area contributed by atoms with Crippen molar-refractivity contribution in [1.29, 1.82) is 0 Å². The van der Waals surface area contributed by atoms with Crippen LogP contribution in [0.15, 0.2) is 24.8 Å². The topological polar surface area (TPSA) is 169 Å². The number of piperidine rings is 1. The number of anilines is 2. The monoisotopic (exact) mass is 419 g/mol. The Morgan fingerprint density at radius 2 is 2.03 bits per heavy atom. The van der Waals surface area contributed by atoms with Gasteiger partial charge in [-0.15, -0.1) is 0 Å². The van der Waals surface area contributed by atoms with Crippen molar-refractivity contribution in [2.45, 2.75) is 43.3 Å². The van der Waals surface area contributed by atoms with E-state index >= 15 is 0 Å². The molecule has 0 aromatic carbocycles. The van der Waals surface area contributed by atoms with Gasteiger partial charge in [0.15, 0.2) is 11.3 Å². The Morgan fingerprint density at radius 3 is 2.87 bits per heavy atom. The highest BCUT2D eigenvalue weighted by atomic mass is 16.2. The zero-order valence-electron chi connectivity index (χ0n) is 16.6. The molecule has 2 amide bonds. The Kier molecular flexibility index (Phi) is 3.57. The number of hydrogen-bond acceptors (Lipinski definition) is 8. The molecule has 2 saturated heterocycles. The van der Waals surface area contributed by atoms with Crippen LogP contribution in [0.4, 0.5) is 11.5 Å². The number of rotatable bonds is 3. The van der Waals surface area contributed by atoms with Crippen molar-refractivity contribution in [3.05, 3.63) is 36.2 Å². The van der Waals surface area contributed by atoms with Gasteiger partial charge in [-0.05, 0) is 37.8 Å². The third kappa shape index (κ3) is 2.58. The predicted octanol–water partition coefficient (Wildman–Crippen LogP) is 0.478. The molecule has 3 aromatic heterocycles. The molecule has 3 fully saturated rings. The molecule has 2 bridgehead atoms. The van der Waals surface area contributed by atoms with Gasteiger partial charge in [0.05, 0.1) is 12.0 Å². The van der Waals surface area contributed by atoms with Crippen LogP contribution < -0.4 is 16.8 Å². The lowest BCUT2D eigenvalue weighted by molar-refractivity contribution is 0.0531. The second-order valence-electron chi connectivity index (χ2n) is 8.63. The van der Waals surface area contributed by atoms with E-state index in [9.17, 15) is 9.59 Å². The molecule has 6 N–H and O–H groups in total. The highest BCUT2D eigenvalue weighted by molar-refractivity contribution is 6.02. The van der Waals surface area contributed by atoms with Gasteiger partial charge in [0.1, 0.15) is 23.4 Å². The lowest BCUT2D eigenvalue weighted by atomic mass is 9.96. The van der Waals surface area contributed by atoms with Gasteiger partial charge >= 0.3 is 0 Å². The molecule has 4 atom stereocenters. The molecular formula is C20H21N9O2. The number of imidazole rings is 1. The van der Waals surface area contributed by atoms with Gasteiger partial charge in [0.25, 0.3) is 11.8 Å². The number of H-pyrrole nitrogens is 1. The number of fused-ring (bicyclic) bond motifs is 5. The SMILES string of the molecule is Nc1ccc(C(=O)N2[C@@H]3CC[C@H]2[C@@H]2C[C@]2(NC(=O)c2ncnc4nc[nH]c24)C3)nc1N.